The third kappa shape index (κ3) is 4.09. The first-order chi connectivity index (χ1) is 17.1. The number of hydrogen-bond acceptors (Lipinski definition) is 7. The Labute approximate surface area is 198 Å². The second-order valence-electron chi connectivity index (χ2n) is 7.80. The molecule has 0 bridgehead atoms. The van der Waals surface area contributed by atoms with Crippen molar-refractivity contribution in [3.05, 3.63) is 72.1 Å². The van der Waals surface area contributed by atoms with E-state index in [0.29, 0.717) is 32.0 Å². The molecule has 35 heavy (non-hydrogen) atoms. The van der Waals surface area contributed by atoms with Gasteiger partial charge in [0.2, 0.25) is 0 Å². The maximum absolute atomic E-state index is 14.7. The van der Waals surface area contributed by atoms with E-state index >= 15 is 0 Å². The van der Waals surface area contributed by atoms with Gasteiger partial charge in [0.05, 0.1) is 35.1 Å². The molecule has 0 aliphatic carbocycles. The number of Topliss-reactive ketones (excluding diaryl/α,β-unsaturated/α-hetero) is 1. The number of nitrogens with one attached hydrogen (secondary N) is 1. The topological polar surface area (TPSA) is 122 Å². The Morgan fingerprint density at radius 1 is 1.11 bits per heavy atom. The molecule has 1 aliphatic heterocycles. The molecule has 12 heteroatoms. The van der Waals surface area contributed by atoms with Crippen LogP contribution in [0.1, 0.15) is 15.9 Å². The van der Waals surface area contributed by atoms with Gasteiger partial charge >= 0.3 is 0 Å². The highest BCUT2D eigenvalue weighted by atomic mass is 19.1. The summed E-state index contributed by atoms with van der Waals surface area (Å²) in [5.41, 5.74) is 1.08. The van der Waals surface area contributed by atoms with E-state index in [0.717, 1.165) is 11.8 Å². The predicted octanol–water partition coefficient (Wildman–Crippen LogP) is 1.62. The molecule has 0 saturated carbocycles. The van der Waals surface area contributed by atoms with Crippen LogP contribution in [0.5, 0.6) is 0 Å². The van der Waals surface area contributed by atoms with Crippen LogP contribution in [0, 0.1) is 5.82 Å². The molecule has 0 radical (unpaired) electrons. The maximum Gasteiger partial charge on any atom is 0.295 e. The number of hydrogen-bond donors (Lipinski definition) is 1. The van der Waals surface area contributed by atoms with Crippen LogP contribution >= 0.6 is 0 Å². The lowest BCUT2D eigenvalue weighted by Gasteiger charge is -2.35. The van der Waals surface area contributed by atoms with Crippen molar-refractivity contribution in [2.75, 3.05) is 33.3 Å². The van der Waals surface area contributed by atoms with E-state index in [9.17, 15) is 14.0 Å². The molecule has 1 saturated heterocycles. The number of aromatic amines is 1. The van der Waals surface area contributed by atoms with Gasteiger partial charge in [-0.3, -0.25) is 9.59 Å². The summed E-state index contributed by atoms with van der Waals surface area (Å²) in [5, 5.41) is 11.7. The zero-order valence-corrected chi connectivity index (χ0v) is 18.8. The molecule has 178 valence electrons. The number of piperazine rings is 1. The number of carbonyl (C=O) groups is 2. The molecule has 1 aliphatic rings. The molecule has 1 N–H and O–H groups in total. The van der Waals surface area contributed by atoms with E-state index < -0.39 is 17.5 Å². The maximum atomic E-state index is 14.7. The van der Waals surface area contributed by atoms with Crippen molar-refractivity contribution in [1.29, 1.82) is 0 Å². The van der Waals surface area contributed by atoms with Crippen molar-refractivity contribution in [3.8, 4) is 5.82 Å². The van der Waals surface area contributed by atoms with Gasteiger partial charge in [0.25, 0.3) is 11.7 Å². The van der Waals surface area contributed by atoms with Crippen LogP contribution < -0.4 is 0 Å². The highest BCUT2D eigenvalue weighted by Crippen LogP contribution is 2.26. The predicted molar refractivity (Wildman–Crippen MR) is 123 cm³/mol. The highest BCUT2D eigenvalue weighted by molar-refractivity contribution is 6.45. The number of pyridine rings is 1. The van der Waals surface area contributed by atoms with Crippen LogP contribution in [0.3, 0.4) is 0 Å². The second-order valence-corrected chi connectivity index (χ2v) is 7.80. The van der Waals surface area contributed by atoms with E-state index in [1.165, 1.54) is 29.1 Å². The molecule has 0 atom stereocenters. The number of H-pyrrole nitrogens is 1. The number of fused-ring (bicyclic) bond motifs is 1. The van der Waals surface area contributed by atoms with Crippen LogP contribution in [0.2, 0.25) is 0 Å². The summed E-state index contributed by atoms with van der Waals surface area (Å²) in [6, 6.07) is 9.57. The first-order valence-electron chi connectivity index (χ1n) is 10.9. The van der Waals surface area contributed by atoms with Crippen molar-refractivity contribution in [2.45, 2.75) is 0 Å². The van der Waals surface area contributed by atoms with Gasteiger partial charge in [-0.05, 0) is 0 Å². The summed E-state index contributed by atoms with van der Waals surface area (Å²) >= 11 is 0. The van der Waals surface area contributed by atoms with E-state index in [1.807, 2.05) is 35.2 Å². The minimum absolute atomic E-state index is 0.0129. The number of benzene rings is 1. The van der Waals surface area contributed by atoms with Crippen LogP contribution in [-0.4, -0.2) is 85.6 Å². The van der Waals surface area contributed by atoms with Crippen LogP contribution in [-0.2, 0) is 9.63 Å². The molecular weight excluding hydrogens is 455 g/mol. The van der Waals surface area contributed by atoms with E-state index in [2.05, 4.69) is 25.4 Å². The van der Waals surface area contributed by atoms with Gasteiger partial charge in [-0.1, -0.05) is 40.7 Å². The summed E-state index contributed by atoms with van der Waals surface area (Å²) in [5.74, 6) is -1.29. The average molecular weight is 476 g/mol. The number of nitrogens with zero attached hydrogens (tertiary/aromatic N) is 7. The number of rotatable bonds is 5. The fourth-order valence-electron chi connectivity index (χ4n) is 4.12. The summed E-state index contributed by atoms with van der Waals surface area (Å²) < 4.78 is 16.1. The number of amides is 1. The van der Waals surface area contributed by atoms with E-state index in [4.69, 9.17) is 4.84 Å². The van der Waals surface area contributed by atoms with Gasteiger partial charge in [-0.15, -0.1) is 5.10 Å². The number of ketones is 1. The Bertz CT molecular complexity index is 1390. The Balaban J connectivity index is 1.35. The molecule has 1 aromatic carbocycles. The van der Waals surface area contributed by atoms with Gasteiger partial charge in [0.1, 0.15) is 7.11 Å². The lowest BCUT2D eigenvalue weighted by Crippen LogP contribution is -2.52. The zero-order chi connectivity index (χ0) is 24.4. The Morgan fingerprint density at radius 2 is 1.86 bits per heavy atom. The van der Waals surface area contributed by atoms with Gasteiger partial charge < -0.3 is 19.6 Å². The van der Waals surface area contributed by atoms with Gasteiger partial charge in [-0.2, -0.15) is 0 Å². The Kier molecular flexibility index (Phi) is 5.92. The summed E-state index contributed by atoms with van der Waals surface area (Å²) in [4.78, 5) is 41.6. The fourth-order valence-corrected chi connectivity index (χ4v) is 4.12. The smallest absolute Gasteiger partial charge is 0.295 e. The van der Waals surface area contributed by atoms with Crippen LogP contribution in [0.15, 0.2) is 60.3 Å². The molecule has 4 heterocycles. The Morgan fingerprint density at radius 3 is 2.54 bits per heavy atom. The summed E-state index contributed by atoms with van der Waals surface area (Å²) in [7, 11) is 1.48. The van der Waals surface area contributed by atoms with Gasteiger partial charge in [0.15, 0.2) is 17.5 Å². The van der Waals surface area contributed by atoms with E-state index in [1.54, 1.807) is 6.20 Å². The molecule has 0 spiro atoms. The number of carbonyl (C=O) groups excluding carboxylic acids is 2. The van der Waals surface area contributed by atoms with Crippen molar-refractivity contribution in [2.24, 2.45) is 5.16 Å². The molecule has 11 nitrogen and oxygen atoms in total. The standard InChI is InChI=1S/C23H21FN8O3/c1-35-28-21(15-5-3-2-4-6-15)30-9-11-31(12-10-30)23(34)20(33)16-13-25-19-18(16)17(24)14-26-22(19)32-8-7-27-29-32/h2-8,13-14,25H,9-12H2,1H3/b28-21-. The zero-order valence-electron chi connectivity index (χ0n) is 18.8. The number of halogens is 1. The van der Waals surface area contributed by atoms with Crippen molar-refractivity contribution in [1.82, 2.24) is 34.8 Å². The lowest BCUT2D eigenvalue weighted by molar-refractivity contribution is -0.127. The van der Waals surface area contributed by atoms with Crippen molar-refractivity contribution >= 4 is 28.4 Å². The number of oxime groups is 1. The molecule has 4 aromatic rings. The minimum atomic E-state index is -0.798. The van der Waals surface area contributed by atoms with E-state index in [-0.39, 0.29) is 22.3 Å². The third-order valence-electron chi connectivity index (χ3n) is 5.80. The number of amidine groups is 1. The molecule has 0 unspecified atom stereocenters. The largest absolute Gasteiger partial charge is 0.397 e. The summed E-state index contributed by atoms with van der Waals surface area (Å²) in [6.45, 7) is 1.52. The molecular formula is C23H21FN8O3. The molecule has 3 aromatic heterocycles. The lowest BCUT2D eigenvalue weighted by atomic mass is 10.1. The van der Waals surface area contributed by atoms with Crippen LogP contribution in [0.25, 0.3) is 16.7 Å². The minimum Gasteiger partial charge on any atom is -0.397 e. The van der Waals surface area contributed by atoms with Crippen LogP contribution in [0.4, 0.5) is 4.39 Å². The normalized spacial score (nSPS) is 14.4. The van der Waals surface area contributed by atoms with Crippen molar-refractivity contribution < 1.29 is 18.8 Å². The first kappa shape index (κ1) is 22.2. The molecule has 5 rings (SSSR count). The highest BCUT2D eigenvalue weighted by Gasteiger charge is 2.31. The van der Waals surface area contributed by atoms with Gasteiger partial charge in [0, 0.05) is 37.9 Å². The monoisotopic (exact) mass is 476 g/mol. The average Bonchev–Trinajstić information content (AvgIpc) is 3.59. The fraction of sp³-hybridized carbons (Fsp3) is 0.217. The number of aromatic nitrogens is 5. The summed E-state index contributed by atoms with van der Waals surface area (Å²) in [6.07, 6.45) is 5.32. The van der Waals surface area contributed by atoms with Crippen molar-refractivity contribution in [3.63, 3.8) is 0 Å². The quantitative estimate of drug-likeness (QED) is 0.153. The first-order valence-corrected chi connectivity index (χ1v) is 10.9. The molecule has 1 fully saturated rings. The molecule has 1 amide bonds. The second kappa shape index (κ2) is 9.33. The third-order valence-corrected chi connectivity index (χ3v) is 5.80. The Hall–Kier alpha value is -4.61. The SMILES string of the molecule is CO/N=C(/c1ccccc1)N1CCN(C(=O)C(=O)c2c[nH]c3c(-n4ccnn4)ncc(F)c23)CC1. The van der Waals surface area contributed by atoms with Gasteiger partial charge in [-0.25, -0.2) is 14.1 Å².